The SMILES string of the molecule is Cc1ccc(F)c(-c2ccc(C)cc2C(C)C(C)(C)C)c1. The van der Waals surface area contributed by atoms with Crippen LogP contribution in [-0.2, 0) is 0 Å². The van der Waals surface area contributed by atoms with Gasteiger partial charge in [-0.05, 0) is 48.4 Å². The number of benzene rings is 2. The van der Waals surface area contributed by atoms with Gasteiger partial charge in [0.2, 0.25) is 0 Å². The topological polar surface area (TPSA) is 0 Å². The zero-order valence-electron chi connectivity index (χ0n) is 13.9. The van der Waals surface area contributed by atoms with Crippen molar-refractivity contribution in [3.8, 4) is 11.1 Å². The van der Waals surface area contributed by atoms with E-state index in [-0.39, 0.29) is 11.2 Å². The van der Waals surface area contributed by atoms with Gasteiger partial charge in [-0.15, -0.1) is 0 Å². The fourth-order valence-electron chi connectivity index (χ4n) is 2.60. The molecule has 112 valence electrons. The number of hydrogen-bond donors (Lipinski definition) is 0. The van der Waals surface area contributed by atoms with Crippen molar-refractivity contribution in [1.29, 1.82) is 0 Å². The molecule has 0 saturated heterocycles. The van der Waals surface area contributed by atoms with Crippen LogP contribution in [0.25, 0.3) is 11.1 Å². The predicted molar refractivity (Wildman–Crippen MR) is 89.2 cm³/mol. The molecule has 0 aliphatic rings. The van der Waals surface area contributed by atoms with E-state index in [0.29, 0.717) is 11.5 Å². The Kier molecular flexibility index (Phi) is 4.22. The van der Waals surface area contributed by atoms with E-state index < -0.39 is 0 Å². The molecule has 2 aromatic rings. The molecule has 1 heteroatoms. The second kappa shape index (κ2) is 5.63. The van der Waals surface area contributed by atoms with Crippen molar-refractivity contribution in [2.75, 3.05) is 0 Å². The smallest absolute Gasteiger partial charge is 0.131 e. The molecule has 21 heavy (non-hydrogen) atoms. The summed E-state index contributed by atoms with van der Waals surface area (Å²) in [7, 11) is 0. The van der Waals surface area contributed by atoms with Crippen LogP contribution in [0.5, 0.6) is 0 Å². The van der Waals surface area contributed by atoms with Crippen molar-refractivity contribution in [3.05, 3.63) is 58.9 Å². The first kappa shape index (κ1) is 15.8. The average Bonchev–Trinajstić information content (AvgIpc) is 2.40. The second-order valence-electron chi connectivity index (χ2n) is 7.16. The van der Waals surface area contributed by atoms with Crippen LogP contribution >= 0.6 is 0 Å². The maximum Gasteiger partial charge on any atom is 0.131 e. The third-order valence-corrected chi connectivity index (χ3v) is 4.38. The van der Waals surface area contributed by atoms with Crippen molar-refractivity contribution in [2.45, 2.75) is 47.5 Å². The summed E-state index contributed by atoms with van der Waals surface area (Å²) in [6, 6.07) is 11.7. The summed E-state index contributed by atoms with van der Waals surface area (Å²) in [5.41, 5.74) is 5.40. The van der Waals surface area contributed by atoms with Crippen LogP contribution in [0.1, 0.15) is 50.3 Å². The standard InChI is InChI=1S/C20H25F/c1-13-7-9-16(17(11-13)15(3)20(4,5)6)18-12-14(2)8-10-19(18)21/h7-12,15H,1-6H3. The lowest BCUT2D eigenvalue weighted by atomic mass is 9.75. The van der Waals surface area contributed by atoms with E-state index in [1.54, 1.807) is 6.07 Å². The zero-order valence-corrected chi connectivity index (χ0v) is 13.9. The minimum Gasteiger partial charge on any atom is -0.206 e. The maximum atomic E-state index is 14.3. The molecule has 0 bridgehead atoms. The molecule has 0 amide bonds. The van der Waals surface area contributed by atoms with Gasteiger partial charge in [-0.3, -0.25) is 0 Å². The van der Waals surface area contributed by atoms with Crippen molar-refractivity contribution in [3.63, 3.8) is 0 Å². The molecule has 0 saturated carbocycles. The van der Waals surface area contributed by atoms with Crippen LogP contribution in [0.15, 0.2) is 36.4 Å². The quantitative estimate of drug-likeness (QED) is 0.610. The van der Waals surface area contributed by atoms with E-state index in [2.05, 4.69) is 52.8 Å². The van der Waals surface area contributed by atoms with Crippen LogP contribution in [0.4, 0.5) is 4.39 Å². The van der Waals surface area contributed by atoms with Gasteiger partial charge in [0, 0.05) is 5.56 Å². The molecule has 0 aliphatic carbocycles. The summed E-state index contributed by atoms with van der Waals surface area (Å²) < 4.78 is 14.3. The Morgan fingerprint density at radius 1 is 0.857 bits per heavy atom. The zero-order chi connectivity index (χ0) is 15.8. The summed E-state index contributed by atoms with van der Waals surface area (Å²) in [5, 5.41) is 0. The molecule has 2 rings (SSSR count). The highest BCUT2D eigenvalue weighted by Gasteiger charge is 2.25. The minimum absolute atomic E-state index is 0.142. The Hall–Kier alpha value is -1.63. The molecule has 2 aromatic carbocycles. The molecule has 0 spiro atoms. The highest BCUT2D eigenvalue weighted by molar-refractivity contribution is 5.70. The second-order valence-corrected chi connectivity index (χ2v) is 7.16. The van der Waals surface area contributed by atoms with E-state index >= 15 is 0 Å². The monoisotopic (exact) mass is 284 g/mol. The highest BCUT2D eigenvalue weighted by Crippen LogP contribution is 2.40. The van der Waals surface area contributed by atoms with E-state index in [1.807, 2.05) is 19.1 Å². The molecule has 0 radical (unpaired) electrons. The molecule has 0 fully saturated rings. The largest absolute Gasteiger partial charge is 0.206 e. The molecular formula is C20H25F. The number of aryl methyl sites for hydroxylation is 2. The number of rotatable bonds is 2. The molecule has 1 atom stereocenters. The van der Waals surface area contributed by atoms with E-state index in [0.717, 1.165) is 11.1 Å². The normalized spacial score (nSPS) is 13.3. The van der Waals surface area contributed by atoms with Crippen LogP contribution < -0.4 is 0 Å². The third-order valence-electron chi connectivity index (χ3n) is 4.38. The minimum atomic E-state index is -0.146. The molecule has 0 nitrogen and oxygen atoms in total. The van der Waals surface area contributed by atoms with Gasteiger partial charge in [0.15, 0.2) is 0 Å². The fraction of sp³-hybridized carbons (Fsp3) is 0.400. The Morgan fingerprint density at radius 3 is 2.05 bits per heavy atom. The molecule has 0 N–H and O–H groups in total. The van der Waals surface area contributed by atoms with Crippen LogP contribution in [0, 0.1) is 25.1 Å². The van der Waals surface area contributed by atoms with Crippen molar-refractivity contribution < 1.29 is 4.39 Å². The maximum absolute atomic E-state index is 14.3. The molecule has 0 aliphatic heterocycles. The summed E-state index contributed by atoms with van der Waals surface area (Å²) in [6.07, 6.45) is 0. The van der Waals surface area contributed by atoms with E-state index in [1.165, 1.54) is 11.1 Å². The van der Waals surface area contributed by atoms with Gasteiger partial charge in [-0.2, -0.15) is 0 Å². The van der Waals surface area contributed by atoms with Gasteiger partial charge in [-0.25, -0.2) is 4.39 Å². The van der Waals surface area contributed by atoms with Gasteiger partial charge < -0.3 is 0 Å². The summed E-state index contributed by atoms with van der Waals surface area (Å²) in [4.78, 5) is 0. The number of hydrogen-bond acceptors (Lipinski definition) is 0. The van der Waals surface area contributed by atoms with Crippen LogP contribution in [0.3, 0.4) is 0 Å². The lowest BCUT2D eigenvalue weighted by Gasteiger charge is -2.30. The van der Waals surface area contributed by atoms with Gasteiger partial charge in [0.05, 0.1) is 0 Å². The Balaban J connectivity index is 2.67. The summed E-state index contributed by atoms with van der Waals surface area (Å²) in [5.74, 6) is 0.208. The van der Waals surface area contributed by atoms with Gasteiger partial charge in [0.25, 0.3) is 0 Å². The van der Waals surface area contributed by atoms with E-state index in [4.69, 9.17) is 0 Å². The average molecular weight is 284 g/mol. The van der Waals surface area contributed by atoms with Crippen LogP contribution in [-0.4, -0.2) is 0 Å². The summed E-state index contributed by atoms with van der Waals surface area (Å²) in [6.45, 7) is 13.0. The molecule has 1 unspecified atom stereocenters. The summed E-state index contributed by atoms with van der Waals surface area (Å²) >= 11 is 0. The predicted octanol–water partition coefficient (Wildman–Crippen LogP) is 6.26. The molecular weight excluding hydrogens is 259 g/mol. The number of halogens is 1. The van der Waals surface area contributed by atoms with Gasteiger partial charge in [0.1, 0.15) is 5.82 Å². The van der Waals surface area contributed by atoms with E-state index in [9.17, 15) is 4.39 Å². The first-order chi connectivity index (χ1) is 9.70. The highest BCUT2D eigenvalue weighted by atomic mass is 19.1. The Bertz CT molecular complexity index is 647. The third kappa shape index (κ3) is 3.34. The lowest BCUT2D eigenvalue weighted by molar-refractivity contribution is 0.340. The Morgan fingerprint density at radius 2 is 1.43 bits per heavy atom. The lowest BCUT2D eigenvalue weighted by Crippen LogP contribution is -2.16. The van der Waals surface area contributed by atoms with Gasteiger partial charge >= 0.3 is 0 Å². The molecule has 0 aromatic heterocycles. The van der Waals surface area contributed by atoms with Crippen LogP contribution in [0.2, 0.25) is 0 Å². The van der Waals surface area contributed by atoms with Crippen molar-refractivity contribution >= 4 is 0 Å². The first-order valence-corrected chi connectivity index (χ1v) is 7.57. The fourth-order valence-corrected chi connectivity index (χ4v) is 2.60. The van der Waals surface area contributed by atoms with Crippen molar-refractivity contribution in [2.24, 2.45) is 5.41 Å². The molecule has 0 heterocycles. The van der Waals surface area contributed by atoms with Crippen molar-refractivity contribution in [1.82, 2.24) is 0 Å². The Labute approximate surface area is 128 Å². The van der Waals surface area contributed by atoms with Gasteiger partial charge in [-0.1, -0.05) is 63.1 Å². The first-order valence-electron chi connectivity index (χ1n) is 7.57.